The third-order valence-electron chi connectivity index (χ3n) is 5.66. The molecule has 6 heteroatoms. The van der Waals surface area contributed by atoms with Crippen LogP contribution >= 0.6 is 7.92 Å². The van der Waals surface area contributed by atoms with Crippen LogP contribution in [0.5, 0.6) is 0 Å². The zero-order valence-corrected chi connectivity index (χ0v) is 19.0. The Morgan fingerprint density at radius 2 is 1.29 bits per heavy atom. The Bertz CT molecular complexity index is 1250. The first-order valence-electron chi connectivity index (χ1n) is 10.9. The number of hydrogen-bond acceptors (Lipinski definition) is 2. The normalized spacial score (nSPS) is 15.8. The lowest BCUT2D eigenvalue weighted by molar-refractivity contribution is -0.137. The van der Waals surface area contributed by atoms with Crippen molar-refractivity contribution in [3.63, 3.8) is 0 Å². The van der Waals surface area contributed by atoms with Crippen molar-refractivity contribution in [2.24, 2.45) is 4.99 Å². The summed E-state index contributed by atoms with van der Waals surface area (Å²) in [5.74, 6) is 0.259. The van der Waals surface area contributed by atoms with E-state index in [4.69, 9.17) is 9.73 Å². The second-order valence-electron chi connectivity index (χ2n) is 7.91. The maximum Gasteiger partial charge on any atom is 0.416 e. The van der Waals surface area contributed by atoms with Gasteiger partial charge in [0.05, 0.1) is 5.56 Å². The van der Waals surface area contributed by atoms with E-state index in [0.717, 1.165) is 27.5 Å². The number of nitrogens with zero attached hydrogens (tertiary/aromatic N) is 1. The quantitative estimate of drug-likeness (QED) is 0.326. The van der Waals surface area contributed by atoms with Crippen LogP contribution in [-0.2, 0) is 10.9 Å². The van der Waals surface area contributed by atoms with Crippen LogP contribution in [-0.4, -0.2) is 12.5 Å². The molecule has 0 N–H and O–H groups in total. The Kier molecular flexibility index (Phi) is 6.21. The zero-order valence-electron chi connectivity index (χ0n) is 18.1. The number of rotatable bonds is 5. The van der Waals surface area contributed by atoms with E-state index >= 15 is 0 Å². The molecule has 0 saturated heterocycles. The molecule has 0 radical (unpaired) electrons. The Morgan fingerprint density at radius 1 is 0.735 bits per heavy atom. The Hall–Kier alpha value is -3.43. The van der Waals surface area contributed by atoms with E-state index in [-0.39, 0.29) is 11.9 Å². The highest BCUT2D eigenvalue weighted by Crippen LogP contribution is 2.38. The molecule has 1 heterocycles. The van der Waals surface area contributed by atoms with Crippen LogP contribution in [0.15, 0.2) is 114 Å². The van der Waals surface area contributed by atoms with Crippen LogP contribution in [0.25, 0.3) is 0 Å². The average molecular weight is 475 g/mol. The minimum absolute atomic E-state index is 0.252. The molecule has 0 unspecified atom stereocenters. The molecule has 0 aromatic heterocycles. The minimum Gasteiger partial charge on any atom is -0.475 e. The summed E-state index contributed by atoms with van der Waals surface area (Å²) in [5.41, 5.74) is 0.656. The van der Waals surface area contributed by atoms with Crippen molar-refractivity contribution in [2.45, 2.75) is 12.2 Å². The average Bonchev–Trinajstić information content (AvgIpc) is 3.36. The molecule has 0 fully saturated rings. The van der Waals surface area contributed by atoms with Crippen LogP contribution in [0.2, 0.25) is 0 Å². The third-order valence-corrected chi connectivity index (χ3v) is 8.16. The molecule has 2 nitrogen and oxygen atoms in total. The second-order valence-corrected chi connectivity index (χ2v) is 10.1. The van der Waals surface area contributed by atoms with E-state index < -0.39 is 19.7 Å². The van der Waals surface area contributed by atoms with Gasteiger partial charge in [-0.3, -0.25) is 0 Å². The van der Waals surface area contributed by atoms with Crippen molar-refractivity contribution in [2.75, 3.05) is 6.61 Å². The summed E-state index contributed by atoms with van der Waals surface area (Å²) in [4.78, 5) is 4.72. The highest BCUT2D eigenvalue weighted by Gasteiger charge is 2.34. The van der Waals surface area contributed by atoms with E-state index in [1.165, 1.54) is 6.07 Å². The molecule has 4 aromatic rings. The van der Waals surface area contributed by atoms with Gasteiger partial charge in [-0.1, -0.05) is 97.1 Å². The highest BCUT2D eigenvalue weighted by molar-refractivity contribution is 7.80. The monoisotopic (exact) mass is 475 g/mol. The first-order valence-corrected chi connectivity index (χ1v) is 12.2. The SMILES string of the molecule is FC(F)(F)c1ccc(P(c2ccccc2)c2ccccc2)c(C2=N[C@H](c3ccccc3)CO2)c1. The van der Waals surface area contributed by atoms with Gasteiger partial charge < -0.3 is 4.74 Å². The molecule has 1 aliphatic heterocycles. The lowest BCUT2D eigenvalue weighted by atomic mass is 10.1. The van der Waals surface area contributed by atoms with Gasteiger partial charge in [0, 0.05) is 5.56 Å². The Balaban J connectivity index is 1.68. The smallest absolute Gasteiger partial charge is 0.416 e. The molecule has 0 aliphatic carbocycles. The van der Waals surface area contributed by atoms with E-state index in [2.05, 4.69) is 0 Å². The van der Waals surface area contributed by atoms with E-state index in [1.54, 1.807) is 6.07 Å². The fourth-order valence-electron chi connectivity index (χ4n) is 4.03. The first-order chi connectivity index (χ1) is 16.5. The summed E-state index contributed by atoms with van der Waals surface area (Å²) in [5, 5.41) is 2.87. The van der Waals surface area contributed by atoms with E-state index in [9.17, 15) is 13.2 Å². The Morgan fingerprint density at radius 3 is 1.85 bits per heavy atom. The summed E-state index contributed by atoms with van der Waals surface area (Å²) in [7, 11) is -1.13. The maximum absolute atomic E-state index is 13.7. The van der Waals surface area contributed by atoms with Crippen LogP contribution in [0.3, 0.4) is 0 Å². The molecule has 4 aromatic carbocycles. The molecule has 1 aliphatic rings. The highest BCUT2D eigenvalue weighted by atomic mass is 31.1. The molecule has 0 saturated carbocycles. The number of aliphatic imine (C=N–C) groups is 1. The van der Waals surface area contributed by atoms with Gasteiger partial charge >= 0.3 is 6.18 Å². The largest absolute Gasteiger partial charge is 0.475 e. The standard InChI is InChI=1S/C28H21F3NOP/c29-28(30,31)21-16-17-26(34(22-12-6-2-7-13-22)23-14-8-3-9-15-23)24(18-21)27-32-25(19-33-27)20-10-4-1-5-11-20/h1-18,25H,19H2/t25-/m0/s1. The summed E-state index contributed by atoms with van der Waals surface area (Å²) in [6.07, 6.45) is -4.46. The molecule has 0 bridgehead atoms. The van der Waals surface area contributed by atoms with Gasteiger partial charge in [0.2, 0.25) is 5.90 Å². The number of benzene rings is 4. The van der Waals surface area contributed by atoms with E-state index in [0.29, 0.717) is 12.2 Å². The lowest BCUT2D eigenvalue weighted by Crippen LogP contribution is -2.26. The van der Waals surface area contributed by atoms with Crippen molar-refractivity contribution < 1.29 is 17.9 Å². The van der Waals surface area contributed by atoms with Gasteiger partial charge in [-0.2, -0.15) is 13.2 Å². The summed E-state index contributed by atoms with van der Waals surface area (Å²) in [6.45, 7) is 0.295. The van der Waals surface area contributed by atoms with Crippen molar-refractivity contribution >= 4 is 29.7 Å². The molecule has 34 heavy (non-hydrogen) atoms. The van der Waals surface area contributed by atoms with Crippen LogP contribution < -0.4 is 15.9 Å². The van der Waals surface area contributed by atoms with E-state index in [1.807, 2.05) is 91.0 Å². The predicted molar refractivity (Wildman–Crippen MR) is 132 cm³/mol. The molecule has 0 spiro atoms. The van der Waals surface area contributed by atoms with Crippen LogP contribution in [0.1, 0.15) is 22.7 Å². The predicted octanol–water partition coefficient (Wildman–Crippen LogP) is 5.98. The fraction of sp³-hybridized carbons (Fsp3) is 0.107. The molecule has 0 amide bonds. The van der Waals surface area contributed by atoms with Gasteiger partial charge in [0.25, 0.3) is 0 Å². The van der Waals surface area contributed by atoms with Crippen molar-refractivity contribution in [1.29, 1.82) is 0 Å². The topological polar surface area (TPSA) is 21.6 Å². The molecular weight excluding hydrogens is 454 g/mol. The van der Waals surface area contributed by atoms with Crippen molar-refractivity contribution in [3.8, 4) is 0 Å². The minimum atomic E-state index is -4.46. The van der Waals surface area contributed by atoms with Crippen LogP contribution in [0.4, 0.5) is 13.2 Å². The van der Waals surface area contributed by atoms with Gasteiger partial charge in [-0.25, -0.2) is 4.99 Å². The number of hydrogen-bond donors (Lipinski definition) is 0. The lowest BCUT2D eigenvalue weighted by Gasteiger charge is -2.23. The molecule has 1 atom stereocenters. The first kappa shape index (κ1) is 22.4. The maximum atomic E-state index is 13.7. The summed E-state index contributed by atoms with van der Waals surface area (Å²) >= 11 is 0. The second kappa shape index (κ2) is 9.44. The van der Waals surface area contributed by atoms with Crippen molar-refractivity contribution in [3.05, 3.63) is 126 Å². The van der Waals surface area contributed by atoms with Gasteiger partial charge in [0.15, 0.2) is 0 Å². The van der Waals surface area contributed by atoms with Gasteiger partial charge in [-0.05, 0) is 41.5 Å². The Labute approximate surface area is 197 Å². The molecule has 170 valence electrons. The van der Waals surface area contributed by atoms with Gasteiger partial charge in [0.1, 0.15) is 12.6 Å². The molecular formula is C28H21F3NOP. The number of alkyl halides is 3. The zero-order chi connectivity index (χ0) is 23.5. The summed E-state index contributed by atoms with van der Waals surface area (Å²) in [6, 6.07) is 33.1. The van der Waals surface area contributed by atoms with Gasteiger partial charge in [-0.15, -0.1) is 0 Å². The number of ether oxygens (including phenoxy) is 1. The number of halogens is 3. The fourth-order valence-corrected chi connectivity index (χ4v) is 6.45. The van der Waals surface area contributed by atoms with Crippen molar-refractivity contribution in [1.82, 2.24) is 0 Å². The third kappa shape index (κ3) is 4.62. The molecule has 5 rings (SSSR count). The van der Waals surface area contributed by atoms with Crippen LogP contribution in [0, 0.1) is 0 Å². The summed E-state index contributed by atoms with van der Waals surface area (Å²) < 4.78 is 47.0.